The number of aromatic amines is 1. The minimum Gasteiger partial charge on any atom is -0.508 e. The number of aliphatic hydroxyl groups is 1. The molecule has 3 aliphatic heterocycles. The summed E-state index contributed by atoms with van der Waals surface area (Å²) in [6, 6.07) is 13.7. The lowest BCUT2D eigenvalue weighted by Crippen LogP contribution is -2.54. The first-order chi connectivity index (χ1) is 27.3. The van der Waals surface area contributed by atoms with Gasteiger partial charge in [-0.3, -0.25) is 9.59 Å². The van der Waals surface area contributed by atoms with Gasteiger partial charge in [-0.25, -0.2) is 4.98 Å². The van der Waals surface area contributed by atoms with Crippen molar-refractivity contribution < 1.29 is 33.4 Å². The molecule has 0 saturated heterocycles. The van der Waals surface area contributed by atoms with Crippen LogP contribution in [0.25, 0.3) is 44.9 Å². The summed E-state index contributed by atoms with van der Waals surface area (Å²) < 4.78 is 20.6. The average molecular weight is 812 g/mol. The number of carbonyl (C=O) groups is 2. The predicted octanol–water partition coefficient (Wildman–Crippen LogP) is 6.79. The molecule has 9 rings (SSSR count). The number of aliphatic hydroxyl groups excluding tert-OH is 1. The number of aromatic hydroxyl groups is 1. The number of H-pyrrole nitrogens is 1. The van der Waals surface area contributed by atoms with Gasteiger partial charge >= 0.3 is 0 Å². The molecule has 6 heterocycles. The third-order valence-corrected chi connectivity index (χ3v) is 12.0. The zero-order chi connectivity index (χ0) is 40.1. The van der Waals surface area contributed by atoms with Crippen molar-refractivity contribution >= 4 is 45.9 Å². The van der Waals surface area contributed by atoms with E-state index in [0.717, 1.165) is 5.56 Å². The molecule has 0 radical (unpaired) electrons. The van der Waals surface area contributed by atoms with Crippen LogP contribution < -0.4 is 21.1 Å². The maximum Gasteiger partial charge on any atom is 0.250 e. The lowest BCUT2D eigenvalue weighted by Gasteiger charge is -2.34. The maximum absolute atomic E-state index is 14.3. The summed E-state index contributed by atoms with van der Waals surface area (Å²) in [5.41, 5.74) is 9.09. The summed E-state index contributed by atoms with van der Waals surface area (Å²) in [4.78, 5) is 40.7. The number of benzene rings is 3. The van der Waals surface area contributed by atoms with Gasteiger partial charge in [-0.2, -0.15) is 4.98 Å². The number of amides is 2. The fraction of sp³-hybridized carbons (Fsp3) is 0.333. The van der Waals surface area contributed by atoms with Crippen LogP contribution >= 0.6 is 23.2 Å². The van der Waals surface area contributed by atoms with E-state index in [4.69, 9.17) is 52.5 Å². The highest BCUT2D eigenvalue weighted by atomic mass is 35.5. The van der Waals surface area contributed by atoms with Crippen molar-refractivity contribution in [2.75, 3.05) is 6.61 Å². The van der Waals surface area contributed by atoms with E-state index in [-0.39, 0.29) is 76.3 Å². The molecule has 1 spiro atoms. The first kappa shape index (κ1) is 37.2. The van der Waals surface area contributed by atoms with Crippen LogP contribution in [0.15, 0.2) is 63.4 Å². The van der Waals surface area contributed by atoms with Crippen LogP contribution in [0.4, 0.5) is 0 Å². The fourth-order valence-corrected chi connectivity index (χ4v) is 9.09. The predicted molar refractivity (Wildman–Crippen MR) is 213 cm³/mol. The number of hydrogen-bond acceptors (Lipinski definition) is 10. The molecule has 15 heteroatoms. The number of ether oxygens (including phenoxy) is 1. The first-order valence-electron chi connectivity index (χ1n) is 18.9. The van der Waals surface area contributed by atoms with Crippen molar-refractivity contribution in [3.8, 4) is 45.5 Å². The largest absolute Gasteiger partial charge is 0.508 e. The SMILES string of the molecule is CC(C)C(N)C(=O)N[C@H]1Cc2ccc(O)c(c2)[C@]23c4cccc(c4OC2CCO)-c2cccc4[nH]c(Cl)c(c24)-c2oc(nc2Cl)-c2nc(oc23)[C@H](C(C)C)NC1=O. The van der Waals surface area contributed by atoms with E-state index < -0.39 is 41.5 Å². The molecule has 57 heavy (non-hydrogen) atoms. The molecule has 0 saturated carbocycles. The number of nitrogens with zero attached hydrogens (tertiary/aromatic N) is 2. The van der Waals surface area contributed by atoms with Gasteiger partial charge in [0.1, 0.15) is 40.3 Å². The number of phenolic OH excluding ortho intramolecular Hbond substituents is 1. The second-order valence-corrected chi connectivity index (χ2v) is 16.4. The number of phenols is 1. The highest BCUT2D eigenvalue weighted by Crippen LogP contribution is 2.60. The molecule has 0 aliphatic carbocycles. The third kappa shape index (κ3) is 5.58. The Bertz CT molecular complexity index is 2610. The number of nitrogens with one attached hydrogen (secondary N) is 3. The van der Waals surface area contributed by atoms with Gasteiger partial charge in [0.05, 0.1) is 11.6 Å². The molecule has 5 atom stereocenters. The number of carbonyl (C=O) groups excluding carboxylic acids is 2. The van der Waals surface area contributed by atoms with Gasteiger partial charge in [0.25, 0.3) is 5.89 Å². The quantitative estimate of drug-likeness (QED) is 0.104. The molecule has 10 bridgehead atoms. The molecule has 2 unspecified atom stereocenters. The zero-order valence-corrected chi connectivity index (χ0v) is 33.0. The standard InChI is InChI=1S/C42H40Cl2N6O7/c1-17(2)30(45)39(54)47-25-16-19-11-12-26(52)23(15-19)42-22-9-5-8-21(33(22)55-27(42)13-14-51)20-7-6-10-24-28(20)29(36(43)46-24)34-37(44)50-41(56-34)32-35(42)57-40(49-32)31(18(3)4)48-38(25)53/h5-12,15,17-18,25,27,30-31,46,51-52H,13-14,16,45H2,1-4H3,(H,47,54)(H,48,53)/t25-,27?,30?,31-,42+/m0/s1. The van der Waals surface area contributed by atoms with Gasteiger partial charge in [0.2, 0.25) is 17.7 Å². The van der Waals surface area contributed by atoms with E-state index in [0.29, 0.717) is 44.5 Å². The maximum atomic E-state index is 14.3. The lowest BCUT2D eigenvalue weighted by molar-refractivity contribution is -0.130. The van der Waals surface area contributed by atoms with Crippen LogP contribution in [0.1, 0.15) is 68.5 Å². The average Bonchev–Trinajstić information content (AvgIpc) is 3.94. The Morgan fingerprint density at radius 3 is 2.58 bits per heavy atom. The Balaban J connectivity index is 1.41. The summed E-state index contributed by atoms with van der Waals surface area (Å²) >= 11 is 13.9. The number of nitrogens with two attached hydrogens (primary N) is 1. The smallest absolute Gasteiger partial charge is 0.250 e. The number of para-hydroxylation sites is 1. The molecular weight excluding hydrogens is 771 g/mol. The normalized spacial score (nSPS) is 21.3. The lowest BCUT2D eigenvalue weighted by atomic mass is 9.67. The van der Waals surface area contributed by atoms with Crippen molar-refractivity contribution in [1.82, 2.24) is 25.6 Å². The Morgan fingerprint density at radius 2 is 1.82 bits per heavy atom. The van der Waals surface area contributed by atoms with Crippen LogP contribution in [-0.4, -0.2) is 61.8 Å². The summed E-state index contributed by atoms with van der Waals surface area (Å²) in [7, 11) is 0. The van der Waals surface area contributed by atoms with E-state index in [9.17, 15) is 19.8 Å². The van der Waals surface area contributed by atoms with E-state index in [1.807, 2.05) is 64.1 Å². The fourth-order valence-electron chi connectivity index (χ4n) is 8.59. The summed E-state index contributed by atoms with van der Waals surface area (Å²) in [5.74, 6) is -0.590. The van der Waals surface area contributed by atoms with Gasteiger partial charge in [-0.15, -0.1) is 0 Å². The minimum absolute atomic E-state index is 0.0117. The van der Waals surface area contributed by atoms with Crippen LogP contribution in [-0.2, 0) is 21.4 Å². The number of aromatic nitrogens is 3. The molecule has 3 aromatic carbocycles. The van der Waals surface area contributed by atoms with Crippen LogP contribution in [0, 0.1) is 11.8 Å². The molecule has 3 aliphatic rings. The van der Waals surface area contributed by atoms with E-state index in [2.05, 4.69) is 15.6 Å². The highest BCUT2D eigenvalue weighted by molar-refractivity contribution is 6.37. The number of rotatable bonds is 6. The molecule has 0 fully saturated rings. The van der Waals surface area contributed by atoms with Gasteiger partial charge < -0.3 is 45.1 Å². The highest BCUT2D eigenvalue weighted by Gasteiger charge is 2.58. The van der Waals surface area contributed by atoms with Crippen LogP contribution in [0.2, 0.25) is 10.3 Å². The molecular formula is C42H40Cl2N6O7. The molecule has 3 aromatic heterocycles. The van der Waals surface area contributed by atoms with Crippen molar-refractivity contribution in [1.29, 1.82) is 0 Å². The topological polar surface area (TPSA) is 202 Å². The first-order valence-corrected chi connectivity index (χ1v) is 19.7. The van der Waals surface area contributed by atoms with Crippen molar-refractivity contribution in [3.63, 3.8) is 0 Å². The summed E-state index contributed by atoms with van der Waals surface area (Å²) in [6.45, 7) is 7.18. The van der Waals surface area contributed by atoms with Gasteiger partial charge in [-0.1, -0.05) is 93.4 Å². The van der Waals surface area contributed by atoms with Gasteiger partial charge in [-0.05, 0) is 35.1 Å². The van der Waals surface area contributed by atoms with Crippen LogP contribution in [0.3, 0.4) is 0 Å². The minimum atomic E-state index is -1.51. The number of hydrogen-bond donors (Lipinski definition) is 6. The Kier molecular flexibility index (Phi) is 8.92. The van der Waals surface area contributed by atoms with E-state index in [1.54, 1.807) is 18.2 Å². The van der Waals surface area contributed by atoms with E-state index in [1.165, 1.54) is 0 Å². The van der Waals surface area contributed by atoms with E-state index >= 15 is 0 Å². The molecule has 13 nitrogen and oxygen atoms in total. The van der Waals surface area contributed by atoms with Crippen molar-refractivity contribution in [2.24, 2.45) is 17.6 Å². The number of fused-ring (bicyclic) bond motifs is 8. The summed E-state index contributed by atoms with van der Waals surface area (Å²) in [6.07, 6.45) is -0.758. The van der Waals surface area contributed by atoms with Crippen molar-refractivity contribution in [2.45, 2.75) is 70.2 Å². The Labute approximate surface area is 336 Å². The molecule has 294 valence electrons. The van der Waals surface area contributed by atoms with Crippen LogP contribution in [0.5, 0.6) is 11.5 Å². The Hall–Kier alpha value is -5.34. The monoisotopic (exact) mass is 810 g/mol. The second kappa shape index (κ2) is 13.7. The van der Waals surface area contributed by atoms with Crippen molar-refractivity contribution in [3.05, 3.63) is 93.2 Å². The zero-order valence-electron chi connectivity index (χ0n) is 31.4. The molecule has 7 N–H and O–H groups in total. The Morgan fingerprint density at radius 1 is 1.05 bits per heavy atom. The van der Waals surface area contributed by atoms with Gasteiger partial charge in [0.15, 0.2) is 22.4 Å². The third-order valence-electron chi connectivity index (χ3n) is 11.5. The van der Waals surface area contributed by atoms with Gasteiger partial charge in [0, 0.05) is 47.0 Å². The molecule has 2 amide bonds. The molecule has 6 aromatic rings. The second-order valence-electron chi connectivity index (χ2n) is 15.6. The number of halogens is 2. The summed E-state index contributed by atoms with van der Waals surface area (Å²) in [5, 5.41) is 29.8. The number of oxazole rings is 2.